The van der Waals surface area contributed by atoms with Gasteiger partial charge in [-0.15, -0.1) is 0 Å². The second-order valence-corrected chi connectivity index (χ2v) is 10.7. The van der Waals surface area contributed by atoms with Crippen molar-refractivity contribution in [3.63, 3.8) is 0 Å². The minimum atomic E-state index is -3.25. The fraction of sp³-hybridized carbons (Fsp3) is 0.435. The first-order chi connectivity index (χ1) is 13.6. The van der Waals surface area contributed by atoms with Crippen molar-refractivity contribution in [2.24, 2.45) is 0 Å². The van der Waals surface area contributed by atoms with Gasteiger partial charge in [0.1, 0.15) is 0 Å². The van der Waals surface area contributed by atoms with Crippen LogP contribution in [0.2, 0.25) is 0 Å². The van der Waals surface area contributed by atoms with Crippen LogP contribution in [0.5, 0.6) is 0 Å². The Kier molecular flexibility index (Phi) is 6.03. The molecule has 1 amide bonds. The van der Waals surface area contributed by atoms with Gasteiger partial charge in [-0.2, -0.15) is 0 Å². The average molecular weight is 415 g/mol. The molecule has 0 saturated carbocycles. The van der Waals surface area contributed by atoms with Gasteiger partial charge < -0.3 is 5.32 Å². The van der Waals surface area contributed by atoms with Crippen molar-refractivity contribution in [2.45, 2.75) is 52.0 Å². The van der Waals surface area contributed by atoms with Crippen molar-refractivity contribution in [3.05, 3.63) is 65.2 Å². The van der Waals surface area contributed by atoms with E-state index in [4.69, 9.17) is 0 Å². The van der Waals surface area contributed by atoms with E-state index in [0.717, 1.165) is 12.0 Å². The number of hydrogen-bond donors (Lipinski definition) is 1. The number of anilines is 1. The summed E-state index contributed by atoms with van der Waals surface area (Å²) in [6.45, 7) is 8.97. The minimum absolute atomic E-state index is 0.0919. The van der Waals surface area contributed by atoms with Crippen LogP contribution >= 0.6 is 0 Å². The van der Waals surface area contributed by atoms with Gasteiger partial charge in [0.05, 0.1) is 17.5 Å². The van der Waals surface area contributed by atoms with E-state index in [9.17, 15) is 13.2 Å². The van der Waals surface area contributed by atoms with Crippen LogP contribution in [0.15, 0.2) is 48.5 Å². The van der Waals surface area contributed by atoms with E-state index in [-0.39, 0.29) is 23.1 Å². The van der Waals surface area contributed by atoms with E-state index in [1.807, 2.05) is 6.92 Å². The van der Waals surface area contributed by atoms with Gasteiger partial charge in [-0.1, -0.05) is 45.0 Å². The molecule has 1 aliphatic heterocycles. The van der Waals surface area contributed by atoms with Crippen molar-refractivity contribution in [1.29, 1.82) is 0 Å². The Morgan fingerprint density at radius 1 is 1.00 bits per heavy atom. The second-order valence-electron chi connectivity index (χ2n) is 8.71. The third kappa shape index (κ3) is 4.99. The first-order valence-corrected chi connectivity index (χ1v) is 11.7. The highest BCUT2D eigenvalue weighted by molar-refractivity contribution is 7.92. The molecule has 2 aromatic carbocycles. The second kappa shape index (κ2) is 8.19. The Labute approximate surface area is 174 Å². The Bertz CT molecular complexity index is 959. The van der Waals surface area contributed by atoms with Crippen molar-refractivity contribution in [2.75, 3.05) is 16.6 Å². The van der Waals surface area contributed by atoms with Crippen LogP contribution in [0, 0.1) is 0 Å². The largest absolute Gasteiger partial charge is 0.346 e. The van der Waals surface area contributed by atoms with E-state index in [2.05, 4.69) is 50.4 Å². The van der Waals surface area contributed by atoms with E-state index in [0.29, 0.717) is 24.2 Å². The quantitative estimate of drug-likeness (QED) is 0.806. The molecule has 2 aromatic rings. The monoisotopic (exact) mass is 414 g/mol. The molecule has 0 aliphatic carbocycles. The summed E-state index contributed by atoms with van der Waals surface area (Å²) >= 11 is 0. The van der Waals surface area contributed by atoms with Gasteiger partial charge in [0.15, 0.2) is 0 Å². The van der Waals surface area contributed by atoms with Gasteiger partial charge in [0.25, 0.3) is 5.91 Å². The number of nitrogens with zero attached hydrogens (tertiary/aromatic N) is 1. The summed E-state index contributed by atoms with van der Waals surface area (Å²) < 4.78 is 25.9. The maximum Gasteiger partial charge on any atom is 0.251 e. The average Bonchev–Trinajstić information content (AvgIpc) is 2.67. The number of benzene rings is 2. The number of nitrogens with one attached hydrogen (secondary N) is 1. The molecule has 0 unspecified atom stereocenters. The lowest BCUT2D eigenvalue weighted by Gasteiger charge is -2.28. The lowest BCUT2D eigenvalue weighted by molar-refractivity contribution is 0.0940. The molecule has 1 atom stereocenters. The van der Waals surface area contributed by atoms with Crippen LogP contribution in [-0.2, 0) is 15.4 Å². The lowest BCUT2D eigenvalue weighted by atomic mass is 9.86. The van der Waals surface area contributed by atoms with Crippen LogP contribution in [0.3, 0.4) is 0 Å². The van der Waals surface area contributed by atoms with Crippen LogP contribution < -0.4 is 9.62 Å². The maximum atomic E-state index is 12.6. The Balaban J connectivity index is 1.67. The summed E-state index contributed by atoms with van der Waals surface area (Å²) in [5, 5.41) is 3.02. The minimum Gasteiger partial charge on any atom is -0.346 e. The van der Waals surface area contributed by atoms with Gasteiger partial charge >= 0.3 is 0 Å². The SMILES string of the molecule is C[C@H](NC(=O)c1ccc(N2CCCCS2(=O)=O)cc1)c1ccc(C(C)(C)C)cc1. The van der Waals surface area contributed by atoms with Gasteiger partial charge in [-0.25, -0.2) is 8.42 Å². The summed E-state index contributed by atoms with van der Waals surface area (Å²) in [6.07, 6.45) is 1.56. The van der Waals surface area contributed by atoms with Crippen LogP contribution in [0.4, 0.5) is 5.69 Å². The normalized spacial score (nSPS) is 17.6. The number of rotatable bonds is 4. The molecule has 0 radical (unpaired) electrons. The van der Waals surface area contributed by atoms with Crippen LogP contribution in [0.25, 0.3) is 0 Å². The molecule has 6 heteroatoms. The number of carbonyl (C=O) groups excluding carboxylic acids is 1. The highest BCUT2D eigenvalue weighted by Gasteiger charge is 2.26. The highest BCUT2D eigenvalue weighted by atomic mass is 32.2. The lowest BCUT2D eigenvalue weighted by Crippen LogP contribution is -2.37. The summed E-state index contributed by atoms with van der Waals surface area (Å²) in [4.78, 5) is 12.6. The van der Waals surface area contributed by atoms with E-state index >= 15 is 0 Å². The molecule has 1 N–H and O–H groups in total. The molecule has 1 aliphatic rings. The molecule has 156 valence electrons. The first-order valence-electron chi connectivity index (χ1n) is 10.1. The topological polar surface area (TPSA) is 66.5 Å². The summed E-state index contributed by atoms with van der Waals surface area (Å²) in [7, 11) is -3.25. The van der Waals surface area contributed by atoms with E-state index < -0.39 is 10.0 Å². The third-order valence-electron chi connectivity index (χ3n) is 5.39. The molecule has 5 nitrogen and oxygen atoms in total. The van der Waals surface area contributed by atoms with Gasteiger partial charge in [0.2, 0.25) is 10.0 Å². The van der Waals surface area contributed by atoms with Crippen molar-refractivity contribution in [3.8, 4) is 0 Å². The smallest absolute Gasteiger partial charge is 0.251 e. The molecule has 1 fully saturated rings. The molecule has 29 heavy (non-hydrogen) atoms. The van der Waals surface area contributed by atoms with Crippen LogP contribution in [-0.4, -0.2) is 26.6 Å². The zero-order valence-corrected chi connectivity index (χ0v) is 18.4. The Hall–Kier alpha value is -2.34. The van der Waals surface area contributed by atoms with Crippen molar-refractivity contribution in [1.82, 2.24) is 5.32 Å². The standard InChI is InChI=1S/C23H30N2O3S/c1-17(18-7-11-20(12-8-18)23(2,3)4)24-22(26)19-9-13-21(14-10-19)25-15-5-6-16-29(25,27)28/h7-14,17H,5-6,15-16H2,1-4H3,(H,24,26)/t17-/m0/s1. The Morgan fingerprint density at radius 2 is 1.62 bits per heavy atom. The summed E-state index contributed by atoms with van der Waals surface area (Å²) in [6, 6.07) is 15.0. The highest BCUT2D eigenvalue weighted by Crippen LogP contribution is 2.25. The fourth-order valence-corrected chi connectivity index (χ4v) is 5.13. The maximum absolute atomic E-state index is 12.6. The molecular formula is C23H30N2O3S. The third-order valence-corrected chi connectivity index (χ3v) is 7.26. The van der Waals surface area contributed by atoms with Crippen LogP contribution in [0.1, 0.15) is 68.1 Å². The zero-order chi connectivity index (χ0) is 21.2. The molecule has 1 saturated heterocycles. The van der Waals surface area contributed by atoms with E-state index in [1.165, 1.54) is 9.87 Å². The van der Waals surface area contributed by atoms with E-state index in [1.54, 1.807) is 24.3 Å². The molecule has 3 rings (SSSR count). The first kappa shape index (κ1) is 21.4. The van der Waals surface area contributed by atoms with Gasteiger partial charge in [-0.3, -0.25) is 9.10 Å². The van der Waals surface area contributed by atoms with Gasteiger partial charge in [0, 0.05) is 12.1 Å². The number of sulfonamides is 1. The fourth-order valence-electron chi connectivity index (χ4n) is 3.49. The molecule has 0 spiro atoms. The molecule has 0 bridgehead atoms. The number of hydrogen-bond acceptors (Lipinski definition) is 3. The molecule has 1 heterocycles. The molecule has 0 aromatic heterocycles. The summed E-state index contributed by atoms with van der Waals surface area (Å²) in [5.74, 6) is 0.00580. The predicted molar refractivity (Wildman–Crippen MR) is 118 cm³/mol. The van der Waals surface area contributed by atoms with Crippen molar-refractivity contribution < 1.29 is 13.2 Å². The zero-order valence-electron chi connectivity index (χ0n) is 17.6. The Morgan fingerprint density at radius 3 is 2.17 bits per heavy atom. The number of amides is 1. The number of carbonyl (C=O) groups is 1. The summed E-state index contributed by atoms with van der Waals surface area (Å²) in [5.41, 5.74) is 3.52. The van der Waals surface area contributed by atoms with Gasteiger partial charge in [-0.05, 0) is 60.6 Å². The van der Waals surface area contributed by atoms with Crippen molar-refractivity contribution >= 4 is 21.6 Å². The molecular weight excluding hydrogens is 384 g/mol. The predicted octanol–water partition coefficient (Wildman–Crippen LogP) is 4.41.